The number of rotatable bonds is 2. The molecule has 0 bridgehead atoms. The maximum absolute atomic E-state index is 12.2. The van der Waals surface area contributed by atoms with Gasteiger partial charge in [0.2, 0.25) is 5.91 Å². The average molecular weight is 238 g/mol. The molecule has 0 spiro atoms. The summed E-state index contributed by atoms with van der Waals surface area (Å²) < 4.78 is 0. The van der Waals surface area contributed by atoms with Crippen LogP contribution in [0.3, 0.4) is 0 Å². The van der Waals surface area contributed by atoms with Crippen LogP contribution in [0.25, 0.3) is 0 Å². The van der Waals surface area contributed by atoms with E-state index >= 15 is 0 Å². The van der Waals surface area contributed by atoms with Crippen LogP contribution < -0.4 is 5.32 Å². The Hall–Kier alpha value is -0.570. The van der Waals surface area contributed by atoms with E-state index in [9.17, 15) is 4.79 Å². The fourth-order valence-electron chi connectivity index (χ4n) is 3.13. The van der Waals surface area contributed by atoms with E-state index in [0.29, 0.717) is 6.04 Å². The molecule has 98 valence electrons. The highest BCUT2D eigenvalue weighted by molar-refractivity contribution is 5.82. The zero-order valence-corrected chi connectivity index (χ0v) is 11.1. The highest BCUT2D eigenvalue weighted by Crippen LogP contribution is 2.19. The lowest BCUT2D eigenvalue weighted by molar-refractivity contribution is -0.127. The molecular formula is C14H26N2O. The normalized spacial score (nSPS) is 28.6. The Balaban J connectivity index is 1.82. The third kappa shape index (κ3) is 3.70. The van der Waals surface area contributed by atoms with E-state index in [1.54, 1.807) is 0 Å². The van der Waals surface area contributed by atoms with Crippen LogP contribution >= 0.6 is 0 Å². The highest BCUT2D eigenvalue weighted by atomic mass is 16.2. The van der Waals surface area contributed by atoms with Crippen molar-refractivity contribution in [2.45, 2.75) is 69.9 Å². The van der Waals surface area contributed by atoms with Gasteiger partial charge in [0, 0.05) is 6.04 Å². The van der Waals surface area contributed by atoms with Crippen LogP contribution in [0.4, 0.5) is 0 Å². The predicted octanol–water partition coefficient (Wildman–Crippen LogP) is 2.31. The standard InChI is InChI=1S/C14H26N2O/c1-16-11-7-6-10-13(16)14(17)15-12-8-4-2-3-5-9-12/h12-13H,2-11H2,1H3,(H,15,17). The molecule has 0 aromatic carbocycles. The summed E-state index contributed by atoms with van der Waals surface area (Å²) in [5.41, 5.74) is 0. The first kappa shape index (κ1) is 12.9. The van der Waals surface area contributed by atoms with Gasteiger partial charge in [0.05, 0.1) is 6.04 Å². The number of carbonyl (C=O) groups is 1. The smallest absolute Gasteiger partial charge is 0.237 e. The van der Waals surface area contributed by atoms with E-state index in [4.69, 9.17) is 0 Å². The summed E-state index contributed by atoms with van der Waals surface area (Å²) in [4.78, 5) is 14.5. The fraction of sp³-hybridized carbons (Fsp3) is 0.929. The molecule has 0 aromatic heterocycles. The second kappa shape index (κ2) is 6.39. The first-order valence-corrected chi connectivity index (χ1v) is 7.28. The van der Waals surface area contributed by atoms with Crippen LogP contribution in [0.15, 0.2) is 0 Å². The molecule has 1 heterocycles. The Labute approximate surface area is 105 Å². The van der Waals surface area contributed by atoms with Gasteiger partial charge in [-0.15, -0.1) is 0 Å². The Kier molecular flexibility index (Phi) is 4.84. The molecule has 1 saturated carbocycles. The van der Waals surface area contributed by atoms with Crippen molar-refractivity contribution in [1.29, 1.82) is 0 Å². The molecule has 1 atom stereocenters. The summed E-state index contributed by atoms with van der Waals surface area (Å²) in [6.07, 6.45) is 11.1. The van der Waals surface area contributed by atoms with Gasteiger partial charge in [-0.25, -0.2) is 0 Å². The lowest BCUT2D eigenvalue weighted by Crippen LogP contribution is -2.50. The summed E-state index contributed by atoms with van der Waals surface area (Å²) in [6.45, 7) is 1.07. The van der Waals surface area contributed by atoms with Gasteiger partial charge in [0.25, 0.3) is 0 Å². The third-order valence-electron chi connectivity index (χ3n) is 4.27. The van der Waals surface area contributed by atoms with Crippen molar-refractivity contribution < 1.29 is 4.79 Å². The minimum Gasteiger partial charge on any atom is -0.352 e. The summed E-state index contributed by atoms with van der Waals surface area (Å²) >= 11 is 0. The van der Waals surface area contributed by atoms with Crippen LogP contribution in [0.2, 0.25) is 0 Å². The van der Waals surface area contributed by atoms with E-state index in [1.165, 1.54) is 51.4 Å². The minimum atomic E-state index is 0.131. The first-order valence-electron chi connectivity index (χ1n) is 7.28. The SMILES string of the molecule is CN1CCCCC1C(=O)NC1CCCCCC1. The van der Waals surface area contributed by atoms with Crippen molar-refractivity contribution in [2.75, 3.05) is 13.6 Å². The molecule has 1 unspecified atom stereocenters. The first-order chi connectivity index (χ1) is 8.27. The van der Waals surface area contributed by atoms with E-state index in [-0.39, 0.29) is 11.9 Å². The molecule has 1 aliphatic carbocycles. The molecule has 0 radical (unpaired) electrons. The maximum atomic E-state index is 12.2. The number of likely N-dealkylation sites (N-methyl/N-ethyl adjacent to an activating group) is 1. The second-order valence-electron chi connectivity index (χ2n) is 5.69. The topological polar surface area (TPSA) is 32.3 Å². The lowest BCUT2D eigenvalue weighted by atomic mass is 10.0. The zero-order chi connectivity index (χ0) is 12.1. The Morgan fingerprint density at radius 2 is 1.65 bits per heavy atom. The Morgan fingerprint density at radius 3 is 2.29 bits per heavy atom. The predicted molar refractivity (Wildman–Crippen MR) is 69.9 cm³/mol. The van der Waals surface area contributed by atoms with E-state index in [2.05, 4.69) is 17.3 Å². The van der Waals surface area contributed by atoms with Crippen LogP contribution in [0, 0.1) is 0 Å². The van der Waals surface area contributed by atoms with Crippen LogP contribution in [0.5, 0.6) is 0 Å². The lowest BCUT2D eigenvalue weighted by Gasteiger charge is -2.32. The number of nitrogens with one attached hydrogen (secondary N) is 1. The molecule has 2 aliphatic rings. The van der Waals surface area contributed by atoms with E-state index < -0.39 is 0 Å². The molecular weight excluding hydrogens is 212 g/mol. The molecule has 0 aromatic rings. The number of hydrogen-bond donors (Lipinski definition) is 1. The molecule has 17 heavy (non-hydrogen) atoms. The van der Waals surface area contributed by atoms with Gasteiger partial charge in [-0.1, -0.05) is 32.1 Å². The third-order valence-corrected chi connectivity index (χ3v) is 4.27. The Bertz CT molecular complexity index is 247. The van der Waals surface area contributed by atoms with Gasteiger partial charge in [0.1, 0.15) is 0 Å². The van der Waals surface area contributed by atoms with Crippen molar-refractivity contribution in [3.63, 3.8) is 0 Å². The van der Waals surface area contributed by atoms with Gasteiger partial charge < -0.3 is 5.32 Å². The molecule has 1 aliphatic heterocycles. The highest BCUT2D eigenvalue weighted by Gasteiger charge is 2.27. The molecule has 1 N–H and O–H groups in total. The van der Waals surface area contributed by atoms with Gasteiger partial charge in [-0.2, -0.15) is 0 Å². The summed E-state index contributed by atoms with van der Waals surface area (Å²) in [5.74, 6) is 0.277. The maximum Gasteiger partial charge on any atom is 0.237 e. The van der Waals surface area contributed by atoms with Gasteiger partial charge in [-0.05, 0) is 39.3 Å². The minimum absolute atomic E-state index is 0.131. The summed E-state index contributed by atoms with van der Waals surface area (Å²) in [7, 11) is 2.08. The number of carbonyl (C=O) groups excluding carboxylic acids is 1. The van der Waals surface area contributed by atoms with Crippen molar-refractivity contribution >= 4 is 5.91 Å². The van der Waals surface area contributed by atoms with Crippen LogP contribution in [0.1, 0.15) is 57.8 Å². The zero-order valence-electron chi connectivity index (χ0n) is 11.1. The van der Waals surface area contributed by atoms with Crippen LogP contribution in [-0.4, -0.2) is 36.5 Å². The fourth-order valence-corrected chi connectivity index (χ4v) is 3.13. The van der Waals surface area contributed by atoms with Crippen molar-refractivity contribution in [3.8, 4) is 0 Å². The number of amides is 1. The molecule has 1 saturated heterocycles. The number of piperidine rings is 1. The summed E-state index contributed by atoms with van der Waals surface area (Å²) in [5, 5.41) is 3.28. The van der Waals surface area contributed by atoms with Crippen molar-refractivity contribution in [1.82, 2.24) is 10.2 Å². The molecule has 2 rings (SSSR count). The molecule has 2 fully saturated rings. The van der Waals surface area contributed by atoms with Crippen molar-refractivity contribution in [3.05, 3.63) is 0 Å². The molecule has 1 amide bonds. The number of hydrogen-bond acceptors (Lipinski definition) is 2. The van der Waals surface area contributed by atoms with Crippen LogP contribution in [-0.2, 0) is 4.79 Å². The number of likely N-dealkylation sites (tertiary alicyclic amines) is 1. The van der Waals surface area contributed by atoms with Gasteiger partial charge >= 0.3 is 0 Å². The average Bonchev–Trinajstić information content (AvgIpc) is 2.58. The largest absolute Gasteiger partial charge is 0.352 e. The number of nitrogens with zero attached hydrogens (tertiary/aromatic N) is 1. The van der Waals surface area contributed by atoms with Gasteiger partial charge in [-0.3, -0.25) is 9.69 Å². The molecule has 3 heteroatoms. The second-order valence-corrected chi connectivity index (χ2v) is 5.69. The van der Waals surface area contributed by atoms with E-state index in [0.717, 1.165) is 13.0 Å². The molecule has 3 nitrogen and oxygen atoms in total. The monoisotopic (exact) mass is 238 g/mol. The Morgan fingerprint density at radius 1 is 1.00 bits per heavy atom. The van der Waals surface area contributed by atoms with E-state index in [1.807, 2.05) is 0 Å². The van der Waals surface area contributed by atoms with Gasteiger partial charge in [0.15, 0.2) is 0 Å². The summed E-state index contributed by atoms with van der Waals surface area (Å²) in [6, 6.07) is 0.576. The van der Waals surface area contributed by atoms with Crippen molar-refractivity contribution in [2.24, 2.45) is 0 Å². The quantitative estimate of drug-likeness (QED) is 0.749.